The predicted octanol–water partition coefficient (Wildman–Crippen LogP) is 1.09. The van der Waals surface area contributed by atoms with Crippen molar-refractivity contribution in [2.24, 2.45) is 7.05 Å². The zero-order valence-electron chi connectivity index (χ0n) is 12.5. The molecule has 0 spiro atoms. The molecule has 2 rings (SSSR count). The van der Waals surface area contributed by atoms with Crippen LogP contribution in [0.25, 0.3) is 0 Å². The van der Waals surface area contributed by atoms with Gasteiger partial charge >= 0.3 is 0 Å². The number of nitrogens with zero attached hydrogens (tertiary/aromatic N) is 3. The summed E-state index contributed by atoms with van der Waals surface area (Å²) < 4.78 is 1.53. The fourth-order valence-corrected chi connectivity index (χ4v) is 1.84. The number of nitro groups is 1. The Labute approximate surface area is 131 Å². The van der Waals surface area contributed by atoms with Crippen LogP contribution in [0.5, 0.6) is 0 Å². The minimum atomic E-state index is -0.818. The topological polar surface area (TPSA) is 119 Å². The lowest BCUT2D eigenvalue weighted by molar-refractivity contribution is -0.384. The lowest BCUT2D eigenvalue weighted by atomic mass is 10.1. The molecule has 1 aromatic heterocycles. The summed E-state index contributed by atoms with van der Waals surface area (Å²) >= 11 is 0. The molecule has 0 radical (unpaired) electrons. The Kier molecular flexibility index (Phi) is 4.69. The Morgan fingerprint density at radius 2 is 2.13 bits per heavy atom. The number of benzene rings is 1. The van der Waals surface area contributed by atoms with Gasteiger partial charge in [-0.05, 0) is 13.0 Å². The van der Waals surface area contributed by atoms with E-state index in [-0.39, 0.29) is 11.3 Å². The standard InChI is InChI=1S/C14H15N5O4/c1-9(13(20)17-11-7-15-18(2)8-11)16-14(21)10-4-3-5-12(6-10)19(22)23/h3-9H,1-2H3,(H,16,21)(H,17,20)/t9-/m1/s1. The lowest BCUT2D eigenvalue weighted by Gasteiger charge is -2.13. The van der Waals surface area contributed by atoms with Crippen LogP contribution < -0.4 is 10.6 Å². The Morgan fingerprint density at radius 3 is 2.74 bits per heavy atom. The highest BCUT2D eigenvalue weighted by Gasteiger charge is 2.18. The van der Waals surface area contributed by atoms with E-state index in [4.69, 9.17) is 0 Å². The molecule has 0 saturated carbocycles. The zero-order valence-corrected chi connectivity index (χ0v) is 12.5. The van der Waals surface area contributed by atoms with E-state index < -0.39 is 22.8 Å². The number of hydrogen-bond donors (Lipinski definition) is 2. The van der Waals surface area contributed by atoms with Crippen molar-refractivity contribution in [3.63, 3.8) is 0 Å². The third-order valence-electron chi connectivity index (χ3n) is 3.03. The van der Waals surface area contributed by atoms with E-state index in [0.29, 0.717) is 5.69 Å². The van der Waals surface area contributed by atoms with Crippen molar-refractivity contribution < 1.29 is 14.5 Å². The van der Waals surface area contributed by atoms with Crippen LogP contribution in [0, 0.1) is 10.1 Å². The highest BCUT2D eigenvalue weighted by Crippen LogP contribution is 2.13. The van der Waals surface area contributed by atoms with Crippen molar-refractivity contribution in [3.05, 3.63) is 52.3 Å². The quantitative estimate of drug-likeness (QED) is 0.632. The number of rotatable bonds is 5. The Hall–Kier alpha value is -3.23. The molecule has 0 aliphatic carbocycles. The molecule has 0 fully saturated rings. The summed E-state index contributed by atoms with van der Waals surface area (Å²) in [6.07, 6.45) is 3.10. The van der Waals surface area contributed by atoms with Crippen molar-refractivity contribution in [2.75, 3.05) is 5.32 Å². The van der Waals surface area contributed by atoms with Gasteiger partial charge in [-0.15, -0.1) is 0 Å². The van der Waals surface area contributed by atoms with Crippen molar-refractivity contribution in [1.82, 2.24) is 15.1 Å². The van der Waals surface area contributed by atoms with Crippen LogP contribution in [0.15, 0.2) is 36.7 Å². The van der Waals surface area contributed by atoms with E-state index >= 15 is 0 Å². The first-order valence-corrected chi connectivity index (χ1v) is 6.71. The molecule has 2 aromatic rings. The van der Waals surface area contributed by atoms with Gasteiger partial charge in [0.2, 0.25) is 5.91 Å². The molecule has 9 heteroatoms. The Bertz CT molecular complexity index is 755. The number of hydrogen-bond acceptors (Lipinski definition) is 5. The number of nitrogens with one attached hydrogen (secondary N) is 2. The van der Waals surface area contributed by atoms with E-state index in [1.54, 1.807) is 13.2 Å². The van der Waals surface area contributed by atoms with Gasteiger partial charge in [-0.25, -0.2) is 0 Å². The van der Waals surface area contributed by atoms with Crippen molar-refractivity contribution in [3.8, 4) is 0 Å². The van der Waals surface area contributed by atoms with Crippen LogP contribution in [0.1, 0.15) is 17.3 Å². The number of carbonyl (C=O) groups excluding carboxylic acids is 2. The molecule has 1 heterocycles. The molecular weight excluding hydrogens is 302 g/mol. The van der Waals surface area contributed by atoms with Gasteiger partial charge in [-0.2, -0.15) is 5.10 Å². The first-order chi connectivity index (χ1) is 10.9. The highest BCUT2D eigenvalue weighted by molar-refractivity contribution is 6.01. The second-order valence-electron chi connectivity index (χ2n) is 4.89. The minimum Gasteiger partial charge on any atom is -0.341 e. The summed E-state index contributed by atoms with van der Waals surface area (Å²) in [7, 11) is 1.71. The minimum absolute atomic E-state index is 0.111. The third-order valence-corrected chi connectivity index (χ3v) is 3.03. The molecule has 0 unspecified atom stereocenters. The Morgan fingerprint density at radius 1 is 1.39 bits per heavy atom. The summed E-state index contributed by atoms with van der Waals surface area (Å²) in [5.41, 5.74) is 0.430. The number of anilines is 1. The summed E-state index contributed by atoms with van der Waals surface area (Å²) in [5.74, 6) is -0.987. The molecule has 0 aliphatic rings. The maximum absolute atomic E-state index is 12.1. The molecule has 2 amide bonds. The van der Waals surface area contributed by atoms with Gasteiger partial charge in [0, 0.05) is 30.9 Å². The smallest absolute Gasteiger partial charge is 0.270 e. The third kappa shape index (κ3) is 4.13. The van der Waals surface area contributed by atoms with Crippen LogP contribution in [0.3, 0.4) is 0 Å². The van der Waals surface area contributed by atoms with Crippen molar-refractivity contribution in [2.45, 2.75) is 13.0 Å². The molecule has 120 valence electrons. The predicted molar refractivity (Wildman–Crippen MR) is 81.9 cm³/mol. The monoisotopic (exact) mass is 317 g/mol. The Balaban J connectivity index is 2.00. The summed E-state index contributed by atoms with van der Waals surface area (Å²) in [5, 5.41) is 19.7. The van der Waals surface area contributed by atoms with Gasteiger partial charge in [0.25, 0.3) is 11.6 Å². The molecule has 0 aliphatic heterocycles. The number of aromatic nitrogens is 2. The maximum Gasteiger partial charge on any atom is 0.270 e. The van der Waals surface area contributed by atoms with Gasteiger partial charge in [-0.1, -0.05) is 6.07 Å². The number of carbonyl (C=O) groups is 2. The zero-order chi connectivity index (χ0) is 17.0. The number of nitro benzene ring substituents is 1. The van der Waals surface area contributed by atoms with Crippen LogP contribution in [-0.4, -0.2) is 32.6 Å². The largest absolute Gasteiger partial charge is 0.341 e. The molecule has 9 nitrogen and oxygen atoms in total. The van der Waals surface area contributed by atoms with Crippen LogP contribution >= 0.6 is 0 Å². The first kappa shape index (κ1) is 16.1. The second-order valence-corrected chi connectivity index (χ2v) is 4.89. The molecular formula is C14H15N5O4. The second kappa shape index (κ2) is 6.69. The molecule has 1 atom stereocenters. The fourth-order valence-electron chi connectivity index (χ4n) is 1.84. The lowest BCUT2D eigenvalue weighted by Crippen LogP contribution is -2.41. The van der Waals surface area contributed by atoms with Gasteiger partial charge < -0.3 is 10.6 Å². The molecule has 2 N–H and O–H groups in total. The average molecular weight is 317 g/mol. The van der Waals surface area contributed by atoms with Gasteiger partial charge in [0.15, 0.2) is 0 Å². The van der Waals surface area contributed by atoms with Gasteiger partial charge in [-0.3, -0.25) is 24.4 Å². The van der Waals surface area contributed by atoms with E-state index in [0.717, 1.165) is 6.07 Å². The van der Waals surface area contributed by atoms with E-state index in [1.165, 1.54) is 36.0 Å². The first-order valence-electron chi connectivity index (χ1n) is 6.71. The number of amides is 2. The van der Waals surface area contributed by atoms with Crippen LogP contribution in [-0.2, 0) is 11.8 Å². The highest BCUT2D eigenvalue weighted by atomic mass is 16.6. The molecule has 1 aromatic carbocycles. The fraction of sp³-hybridized carbons (Fsp3) is 0.214. The molecule has 0 saturated heterocycles. The molecule has 23 heavy (non-hydrogen) atoms. The van der Waals surface area contributed by atoms with E-state index in [9.17, 15) is 19.7 Å². The average Bonchev–Trinajstić information content (AvgIpc) is 2.92. The molecule has 0 bridgehead atoms. The van der Waals surface area contributed by atoms with E-state index in [2.05, 4.69) is 15.7 Å². The summed E-state index contributed by atoms with van der Waals surface area (Å²) in [4.78, 5) is 34.2. The van der Waals surface area contributed by atoms with Crippen LogP contribution in [0.4, 0.5) is 11.4 Å². The van der Waals surface area contributed by atoms with Gasteiger partial charge in [0.05, 0.1) is 16.8 Å². The number of non-ortho nitro benzene ring substituents is 1. The SMILES string of the molecule is C[C@@H](NC(=O)c1cccc([N+](=O)[O-])c1)C(=O)Nc1cnn(C)c1. The maximum atomic E-state index is 12.1. The van der Waals surface area contributed by atoms with Gasteiger partial charge in [0.1, 0.15) is 6.04 Å². The van der Waals surface area contributed by atoms with Crippen molar-refractivity contribution in [1.29, 1.82) is 0 Å². The van der Waals surface area contributed by atoms with Crippen LogP contribution in [0.2, 0.25) is 0 Å². The normalized spacial score (nSPS) is 11.6. The number of aryl methyl sites for hydroxylation is 1. The van der Waals surface area contributed by atoms with E-state index in [1.807, 2.05) is 0 Å². The summed E-state index contributed by atoms with van der Waals surface area (Å²) in [6, 6.07) is 4.47. The summed E-state index contributed by atoms with van der Waals surface area (Å²) in [6.45, 7) is 1.51. The van der Waals surface area contributed by atoms with Crippen molar-refractivity contribution >= 4 is 23.2 Å².